The molecule has 0 saturated carbocycles. The van der Waals surface area contributed by atoms with E-state index in [0.29, 0.717) is 4.85 Å². The summed E-state index contributed by atoms with van der Waals surface area (Å²) in [6.45, 7) is 1.92. The number of rotatable bonds is 2. The van der Waals surface area contributed by atoms with Gasteiger partial charge in [-0.15, -0.1) is 5.10 Å². The standard InChI is InChI=1S/C5H7N3O3/c1-2-11-5(9)4-3-6-7-8(4)10/h3,10H,2H2,1H3. The Morgan fingerprint density at radius 2 is 2.64 bits per heavy atom. The average molecular weight is 157 g/mol. The first-order chi connectivity index (χ1) is 5.25. The van der Waals surface area contributed by atoms with Crippen LogP contribution in [0.5, 0.6) is 0 Å². The van der Waals surface area contributed by atoms with Crippen molar-refractivity contribution in [1.29, 1.82) is 0 Å². The van der Waals surface area contributed by atoms with Crippen molar-refractivity contribution in [2.75, 3.05) is 6.61 Å². The van der Waals surface area contributed by atoms with Crippen LogP contribution in [-0.2, 0) is 4.74 Å². The highest BCUT2D eigenvalue weighted by atomic mass is 16.5. The van der Waals surface area contributed by atoms with Crippen molar-refractivity contribution in [3.05, 3.63) is 11.9 Å². The Balaban J connectivity index is 2.76. The van der Waals surface area contributed by atoms with Crippen LogP contribution < -0.4 is 0 Å². The Morgan fingerprint density at radius 1 is 1.91 bits per heavy atom. The molecule has 0 unspecified atom stereocenters. The summed E-state index contributed by atoms with van der Waals surface area (Å²) in [4.78, 5) is 11.2. The number of hydrogen-bond acceptors (Lipinski definition) is 5. The van der Waals surface area contributed by atoms with Gasteiger partial charge in [-0.25, -0.2) is 4.79 Å². The van der Waals surface area contributed by atoms with Crippen LogP contribution in [0, 0.1) is 0 Å². The molecule has 0 radical (unpaired) electrons. The lowest BCUT2D eigenvalue weighted by Gasteiger charge is -1.97. The molecule has 1 heterocycles. The van der Waals surface area contributed by atoms with Gasteiger partial charge in [0.05, 0.1) is 12.8 Å². The van der Waals surface area contributed by atoms with Gasteiger partial charge >= 0.3 is 5.97 Å². The third kappa shape index (κ3) is 1.46. The molecule has 11 heavy (non-hydrogen) atoms. The van der Waals surface area contributed by atoms with E-state index < -0.39 is 5.97 Å². The predicted octanol–water partition coefficient (Wildman–Crippen LogP) is -0.308. The summed E-state index contributed by atoms with van der Waals surface area (Å²) in [6, 6.07) is 0. The highest BCUT2D eigenvalue weighted by Gasteiger charge is 2.12. The van der Waals surface area contributed by atoms with E-state index in [1.807, 2.05) is 0 Å². The van der Waals surface area contributed by atoms with Gasteiger partial charge in [0.2, 0.25) is 5.69 Å². The molecule has 6 heteroatoms. The molecule has 6 nitrogen and oxygen atoms in total. The lowest BCUT2D eigenvalue weighted by Crippen LogP contribution is -2.10. The Kier molecular flexibility index (Phi) is 2.05. The van der Waals surface area contributed by atoms with E-state index in [-0.39, 0.29) is 12.3 Å². The topological polar surface area (TPSA) is 77.2 Å². The van der Waals surface area contributed by atoms with Crippen LogP contribution in [0.4, 0.5) is 0 Å². The second kappa shape index (κ2) is 3.00. The number of carbonyl (C=O) groups is 1. The van der Waals surface area contributed by atoms with Crippen molar-refractivity contribution < 1.29 is 14.7 Å². The Bertz CT molecular complexity index is 257. The molecule has 0 atom stereocenters. The van der Waals surface area contributed by atoms with Crippen molar-refractivity contribution >= 4 is 5.97 Å². The van der Waals surface area contributed by atoms with Crippen LogP contribution in [0.1, 0.15) is 17.4 Å². The molecule has 0 aliphatic rings. The number of nitrogens with zero attached hydrogens (tertiary/aromatic N) is 3. The maximum Gasteiger partial charge on any atom is 0.362 e. The van der Waals surface area contributed by atoms with Gasteiger partial charge in [-0.1, -0.05) is 4.85 Å². The van der Waals surface area contributed by atoms with E-state index in [1.54, 1.807) is 6.92 Å². The van der Waals surface area contributed by atoms with Crippen molar-refractivity contribution in [3.8, 4) is 0 Å². The lowest BCUT2D eigenvalue weighted by molar-refractivity contribution is 0.0454. The normalized spacial score (nSPS) is 9.55. The Hall–Kier alpha value is -1.59. The quantitative estimate of drug-likeness (QED) is 0.470. The summed E-state index contributed by atoms with van der Waals surface area (Å²) in [5.74, 6) is -0.639. The van der Waals surface area contributed by atoms with Gasteiger partial charge in [0.1, 0.15) is 0 Å². The smallest absolute Gasteiger partial charge is 0.362 e. The summed E-state index contributed by atoms with van der Waals surface area (Å²) in [7, 11) is 0. The van der Waals surface area contributed by atoms with Gasteiger partial charge in [-0.3, -0.25) is 0 Å². The molecule has 0 spiro atoms. The summed E-state index contributed by atoms with van der Waals surface area (Å²) in [5.41, 5.74) is -0.0770. The summed E-state index contributed by atoms with van der Waals surface area (Å²) < 4.78 is 4.57. The van der Waals surface area contributed by atoms with Gasteiger partial charge in [-0.2, -0.15) is 0 Å². The van der Waals surface area contributed by atoms with Crippen LogP contribution >= 0.6 is 0 Å². The van der Waals surface area contributed by atoms with Crippen LogP contribution in [0.15, 0.2) is 6.20 Å². The first-order valence-electron chi connectivity index (χ1n) is 3.02. The fourth-order valence-electron chi connectivity index (χ4n) is 0.569. The van der Waals surface area contributed by atoms with Gasteiger partial charge in [0.15, 0.2) is 0 Å². The molecule has 0 aliphatic carbocycles. The lowest BCUT2D eigenvalue weighted by atomic mass is 10.5. The molecule has 60 valence electrons. The van der Waals surface area contributed by atoms with Gasteiger partial charge in [0.25, 0.3) is 0 Å². The van der Waals surface area contributed by atoms with Crippen LogP contribution in [0.2, 0.25) is 0 Å². The first kappa shape index (κ1) is 7.52. The third-order valence-corrected chi connectivity index (χ3v) is 1.02. The van der Waals surface area contributed by atoms with E-state index in [4.69, 9.17) is 5.21 Å². The van der Waals surface area contributed by atoms with E-state index in [0.717, 1.165) is 6.20 Å². The predicted molar refractivity (Wildman–Crippen MR) is 33.2 cm³/mol. The highest BCUT2D eigenvalue weighted by Crippen LogP contribution is 1.95. The maximum absolute atomic E-state index is 10.8. The number of ether oxygens (including phenoxy) is 1. The fourth-order valence-corrected chi connectivity index (χ4v) is 0.569. The SMILES string of the molecule is CCOC(=O)c1cnnn1O. The molecule has 0 bridgehead atoms. The molecule has 1 aromatic heterocycles. The summed E-state index contributed by atoms with van der Waals surface area (Å²) in [5, 5.41) is 15.2. The molecular weight excluding hydrogens is 150 g/mol. The van der Waals surface area contributed by atoms with Crippen LogP contribution in [0.25, 0.3) is 0 Å². The minimum absolute atomic E-state index is 0.0770. The maximum atomic E-state index is 10.8. The number of carbonyl (C=O) groups excluding carboxylic acids is 1. The molecule has 1 rings (SSSR count). The average Bonchev–Trinajstić information content (AvgIpc) is 2.36. The second-order valence-electron chi connectivity index (χ2n) is 1.73. The molecule has 0 aliphatic heterocycles. The van der Waals surface area contributed by atoms with Crippen molar-refractivity contribution in [3.63, 3.8) is 0 Å². The largest absolute Gasteiger partial charge is 0.461 e. The van der Waals surface area contributed by atoms with E-state index in [9.17, 15) is 4.79 Å². The Labute approximate surface area is 62.3 Å². The zero-order valence-electron chi connectivity index (χ0n) is 5.89. The summed E-state index contributed by atoms with van der Waals surface area (Å²) in [6.07, 6.45) is 1.12. The van der Waals surface area contributed by atoms with E-state index in [1.165, 1.54) is 0 Å². The van der Waals surface area contributed by atoms with Gasteiger partial charge in [-0.05, 0) is 12.1 Å². The number of hydrogen-bond donors (Lipinski definition) is 1. The highest BCUT2D eigenvalue weighted by molar-refractivity contribution is 5.86. The second-order valence-corrected chi connectivity index (χ2v) is 1.73. The monoisotopic (exact) mass is 157 g/mol. The van der Waals surface area contributed by atoms with Crippen molar-refractivity contribution in [2.24, 2.45) is 0 Å². The van der Waals surface area contributed by atoms with Crippen molar-refractivity contribution in [1.82, 2.24) is 15.2 Å². The van der Waals surface area contributed by atoms with Crippen LogP contribution in [-0.4, -0.2) is 32.9 Å². The van der Waals surface area contributed by atoms with Crippen molar-refractivity contribution in [2.45, 2.75) is 6.92 Å². The molecule has 1 N–H and O–H groups in total. The van der Waals surface area contributed by atoms with Gasteiger partial charge < -0.3 is 9.94 Å². The van der Waals surface area contributed by atoms with E-state index in [2.05, 4.69) is 15.0 Å². The Morgan fingerprint density at radius 3 is 3.09 bits per heavy atom. The molecular formula is C5H7N3O3. The fraction of sp³-hybridized carbons (Fsp3) is 0.400. The zero-order chi connectivity index (χ0) is 8.27. The summed E-state index contributed by atoms with van der Waals surface area (Å²) >= 11 is 0. The van der Waals surface area contributed by atoms with E-state index >= 15 is 0 Å². The minimum atomic E-state index is -0.639. The third-order valence-electron chi connectivity index (χ3n) is 1.02. The zero-order valence-corrected chi connectivity index (χ0v) is 5.89. The molecule has 1 aromatic rings. The number of aromatic nitrogens is 3. The van der Waals surface area contributed by atoms with Crippen LogP contribution in [0.3, 0.4) is 0 Å². The number of esters is 1. The first-order valence-corrected chi connectivity index (χ1v) is 3.02. The molecule has 0 fully saturated rings. The molecule has 0 aromatic carbocycles. The molecule has 0 amide bonds. The molecule has 0 saturated heterocycles. The van der Waals surface area contributed by atoms with Gasteiger partial charge in [0, 0.05) is 0 Å². The minimum Gasteiger partial charge on any atom is -0.461 e.